The van der Waals surface area contributed by atoms with Crippen molar-refractivity contribution < 1.29 is 18.0 Å². The van der Waals surface area contributed by atoms with E-state index < -0.39 is 16.1 Å². The molecule has 8 nitrogen and oxygen atoms in total. The highest BCUT2D eigenvalue weighted by molar-refractivity contribution is 7.89. The summed E-state index contributed by atoms with van der Waals surface area (Å²) >= 11 is 0. The van der Waals surface area contributed by atoms with Crippen molar-refractivity contribution in [3.05, 3.63) is 18.2 Å². The molecular formula is C11H14N4O4S. The summed E-state index contributed by atoms with van der Waals surface area (Å²) < 4.78 is 22.4. The van der Waals surface area contributed by atoms with Crippen molar-refractivity contribution in [2.75, 3.05) is 18.1 Å². The average molecular weight is 298 g/mol. The minimum atomic E-state index is -3.83. The number of likely N-dealkylation sites (N-methyl/N-ethyl adjacent to an activating group) is 1. The number of nitrogens with zero attached hydrogens (tertiary/aromatic N) is 1. The number of anilines is 2. The van der Waals surface area contributed by atoms with Gasteiger partial charge in [0.2, 0.25) is 15.9 Å². The molecule has 1 aromatic carbocycles. The maximum atomic E-state index is 11.7. The zero-order valence-electron chi connectivity index (χ0n) is 10.7. The molecule has 1 fully saturated rings. The lowest BCUT2D eigenvalue weighted by Gasteiger charge is -2.14. The number of imide groups is 1. The number of primary sulfonamides is 1. The molecule has 2 amide bonds. The number of nitrogens with two attached hydrogens (primary N) is 2. The van der Waals surface area contributed by atoms with Gasteiger partial charge < -0.3 is 11.1 Å². The van der Waals surface area contributed by atoms with Gasteiger partial charge >= 0.3 is 0 Å². The normalized spacial score (nSPS) is 19.5. The molecule has 5 N–H and O–H groups in total. The maximum Gasteiger partial charge on any atom is 0.251 e. The van der Waals surface area contributed by atoms with E-state index in [1.54, 1.807) is 0 Å². The fourth-order valence-electron chi connectivity index (χ4n) is 1.91. The third kappa shape index (κ3) is 2.58. The van der Waals surface area contributed by atoms with Crippen LogP contribution >= 0.6 is 0 Å². The monoisotopic (exact) mass is 298 g/mol. The lowest BCUT2D eigenvalue weighted by Crippen LogP contribution is -2.32. The maximum absolute atomic E-state index is 11.7. The van der Waals surface area contributed by atoms with Crippen molar-refractivity contribution in [3.8, 4) is 0 Å². The van der Waals surface area contributed by atoms with Gasteiger partial charge in [-0.2, -0.15) is 0 Å². The zero-order chi connectivity index (χ0) is 15.1. The Kier molecular flexibility index (Phi) is 3.40. The first-order valence-electron chi connectivity index (χ1n) is 5.69. The van der Waals surface area contributed by atoms with E-state index in [0.717, 1.165) is 4.90 Å². The molecule has 0 aliphatic carbocycles. The zero-order valence-corrected chi connectivity index (χ0v) is 11.5. The second-order valence-corrected chi connectivity index (χ2v) is 6.05. The predicted octanol–water partition coefficient (Wildman–Crippen LogP) is -0.915. The predicted molar refractivity (Wildman–Crippen MR) is 72.0 cm³/mol. The van der Waals surface area contributed by atoms with Gasteiger partial charge in [-0.05, 0) is 18.2 Å². The number of carbonyl (C=O) groups is 2. The van der Waals surface area contributed by atoms with Crippen molar-refractivity contribution in [3.63, 3.8) is 0 Å². The van der Waals surface area contributed by atoms with E-state index in [2.05, 4.69) is 5.32 Å². The van der Waals surface area contributed by atoms with Crippen molar-refractivity contribution >= 4 is 33.2 Å². The van der Waals surface area contributed by atoms with Crippen LogP contribution in [0, 0.1) is 0 Å². The fraction of sp³-hybridized carbons (Fsp3) is 0.273. The molecule has 2 rings (SSSR count). The van der Waals surface area contributed by atoms with Gasteiger partial charge in [-0.1, -0.05) is 0 Å². The number of hydrogen-bond acceptors (Lipinski definition) is 6. The third-order valence-electron chi connectivity index (χ3n) is 3.06. The van der Waals surface area contributed by atoms with E-state index in [9.17, 15) is 18.0 Å². The molecule has 1 aliphatic rings. The van der Waals surface area contributed by atoms with Gasteiger partial charge in [-0.25, -0.2) is 13.6 Å². The second-order valence-electron chi connectivity index (χ2n) is 4.49. The van der Waals surface area contributed by atoms with E-state index in [-0.39, 0.29) is 28.8 Å². The molecule has 0 saturated carbocycles. The van der Waals surface area contributed by atoms with Crippen LogP contribution in [0.5, 0.6) is 0 Å². The van der Waals surface area contributed by atoms with Crippen LogP contribution in [0.4, 0.5) is 11.4 Å². The van der Waals surface area contributed by atoms with Crippen molar-refractivity contribution in [1.82, 2.24) is 4.90 Å². The van der Waals surface area contributed by atoms with E-state index in [0.29, 0.717) is 5.69 Å². The molecular weight excluding hydrogens is 284 g/mol. The highest BCUT2D eigenvalue weighted by Gasteiger charge is 2.36. The molecule has 1 aliphatic heterocycles. The molecule has 0 radical (unpaired) electrons. The smallest absolute Gasteiger partial charge is 0.251 e. The number of carbonyl (C=O) groups excluding carboxylic acids is 2. The summed E-state index contributed by atoms with van der Waals surface area (Å²) in [7, 11) is -2.43. The van der Waals surface area contributed by atoms with Crippen LogP contribution in [0.2, 0.25) is 0 Å². The van der Waals surface area contributed by atoms with Crippen molar-refractivity contribution in [2.24, 2.45) is 5.14 Å². The standard InChI is InChI=1S/C11H14N4O4S/c1-15-10(16)5-9(11(15)17)14-8-3-2-6(4-7(8)12)20(13,18)19/h2-4,9,14H,5,12H2,1H3,(H2,13,18,19). The third-order valence-corrected chi connectivity index (χ3v) is 3.97. The van der Waals surface area contributed by atoms with Gasteiger partial charge in [-0.3, -0.25) is 14.5 Å². The van der Waals surface area contributed by atoms with Crippen LogP contribution in [-0.4, -0.2) is 38.2 Å². The molecule has 108 valence electrons. The van der Waals surface area contributed by atoms with Crippen LogP contribution < -0.4 is 16.2 Å². The number of rotatable bonds is 3. The molecule has 1 saturated heterocycles. The van der Waals surface area contributed by atoms with Gasteiger partial charge in [0, 0.05) is 7.05 Å². The van der Waals surface area contributed by atoms with Gasteiger partial charge in [0.05, 0.1) is 22.7 Å². The number of benzene rings is 1. The highest BCUT2D eigenvalue weighted by atomic mass is 32.2. The summed E-state index contributed by atoms with van der Waals surface area (Å²) in [6.45, 7) is 0. The van der Waals surface area contributed by atoms with E-state index in [1.807, 2.05) is 0 Å². The first-order chi connectivity index (χ1) is 9.20. The number of nitrogen functional groups attached to an aromatic ring is 1. The Morgan fingerprint density at radius 3 is 2.45 bits per heavy atom. The summed E-state index contributed by atoms with van der Waals surface area (Å²) in [6.07, 6.45) is 0.0334. The van der Waals surface area contributed by atoms with Crippen LogP contribution in [0.15, 0.2) is 23.1 Å². The Bertz CT molecular complexity index is 686. The molecule has 0 bridgehead atoms. The van der Waals surface area contributed by atoms with Crippen LogP contribution in [0.3, 0.4) is 0 Å². The van der Waals surface area contributed by atoms with Gasteiger partial charge in [-0.15, -0.1) is 0 Å². The van der Waals surface area contributed by atoms with E-state index in [1.165, 1.54) is 25.2 Å². The lowest BCUT2D eigenvalue weighted by atomic mass is 10.2. The second kappa shape index (κ2) is 4.76. The molecule has 1 heterocycles. The summed E-state index contributed by atoms with van der Waals surface area (Å²) in [5.74, 6) is -0.642. The van der Waals surface area contributed by atoms with E-state index >= 15 is 0 Å². The Hall–Kier alpha value is -2.13. The Morgan fingerprint density at radius 2 is 2.00 bits per heavy atom. The first kappa shape index (κ1) is 14.3. The number of sulfonamides is 1. The first-order valence-corrected chi connectivity index (χ1v) is 7.24. The van der Waals surface area contributed by atoms with Crippen LogP contribution in [-0.2, 0) is 19.6 Å². The van der Waals surface area contributed by atoms with Crippen molar-refractivity contribution in [1.29, 1.82) is 0 Å². The van der Waals surface area contributed by atoms with E-state index in [4.69, 9.17) is 10.9 Å². The van der Waals surface area contributed by atoms with Crippen LogP contribution in [0.1, 0.15) is 6.42 Å². The highest BCUT2D eigenvalue weighted by Crippen LogP contribution is 2.25. The summed E-state index contributed by atoms with van der Waals surface area (Å²) in [5, 5.41) is 7.81. The molecule has 0 aromatic heterocycles. The quantitative estimate of drug-likeness (QED) is 0.488. The fourth-order valence-corrected chi connectivity index (χ4v) is 2.45. The number of hydrogen-bond donors (Lipinski definition) is 3. The van der Waals surface area contributed by atoms with Gasteiger partial charge in [0.25, 0.3) is 5.91 Å². The summed E-state index contributed by atoms with van der Waals surface area (Å²) in [6, 6.07) is 3.18. The molecule has 20 heavy (non-hydrogen) atoms. The number of amides is 2. The topological polar surface area (TPSA) is 136 Å². The largest absolute Gasteiger partial charge is 0.397 e. The molecule has 0 spiro atoms. The van der Waals surface area contributed by atoms with Gasteiger partial charge in [0.15, 0.2) is 0 Å². The SMILES string of the molecule is CN1C(=O)CC(Nc2ccc(S(N)(=O)=O)cc2N)C1=O. The van der Waals surface area contributed by atoms with Gasteiger partial charge in [0.1, 0.15) is 6.04 Å². The summed E-state index contributed by atoms with van der Waals surface area (Å²) in [5.41, 5.74) is 6.22. The minimum Gasteiger partial charge on any atom is -0.397 e. The molecule has 1 unspecified atom stereocenters. The molecule has 1 aromatic rings. The molecule has 9 heteroatoms. The lowest BCUT2D eigenvalue weighted by molar-refractivity contribution is -0.136. The Labute approximate surface area is 115 Å². The molecule has 1 atom stereocenters. The van der Waals surface area contributed by atoms with Crippen molar-refractivity contribution in [2.45, 2.75) is 17.4 Å². The van der Waals surface area contributed by atoms with Crippen LogP contribution in [0.25, 0.3) is 0 Å². The Morgan fingerprint density at radius 1 is 1.35 bits per heavy atom. The number of nitrogens with one attached hydrogen (secondary N) is 1. The average Bonchev–Trinajstić information content (AvgIpc) is 2.58. The Balaban J connectivity index is 2.24. The minimum absolute atomic E-state index is 0.0334. The number of likely N-dealkylation sites (tertiary alicyclic amines) is 1. The summed E-state index contributed by atoms with van der Waals surface area (Å²) in [4.78, 5) is 24.1.